The van der Waals surface area contributed by atoms with Gasteiger partial charge in [0, 0.05) is 11.3 Å². The normalized spacial score (nSPS) is 19.6. The Bertz CT molecular complexity index is 422. The predicted molar refractivity (Wildman–Crippen MR) is 61.4 cm³/mol. The first kappa shape index (κ1) is 11.1. The van der Waals surface area contributed by atoms with Crippen molar-refractivity contribution in [1.29, 1.82) is 0 Å². The van der Waals surface area contributed by atoms with E-state index in [1.54, 1.807) is 0 Å². The van der Waals surface area contributed by atoms with E-state index in [2.05, 4.69) is 15.6 Å². The third-order valence-electron chi connectivity index (χ3n) is 2.57. The zero-order chi connectivity index (χ0) is 11.7. The highest BCUT2D eigenvalue weighted by atomic mass is 32.1. The minimum absolute atomic E-state index is 0.0633. The summed E-state index contributed by atoms with van der Waals surface area (Å²) >= 11 is 1.45. The number of amides is 2. The summed E-state index contributed by atoms with van der Waals surface area (Å²) in [4.78, 5) is 28.0. The molecule has 1 aliphatic heterocycles. The van der Waals surface area contributed by atoms with Crippen LogP contribution in [-0.4, -0.2) is 22.8 Å². The second-order valence-corrected chi connectivity index (χ2v) is 5.01. The van der Waals surface area contributed by atoms with Gasteiger partial charge in [0.2, 0.25) is 11.8 Å². The first-order valence-electron chi connectivity index (χ1n) is 5.10. The van der Waals surface area contributed by atoms with Crippen LogP contribution in [0.5, 0.6) is 0 Å². The van der Waals surface area contributed by atoms with Gasteiger partial charge in [0.25, 0.3) is 0 Å². The van der Waals surface area contributed by atoms with Gasteiger partial charge >= 0.3 is 0 Å². The van der Waals surface area contributed by atoms with Crippen LogP contribution < -0.4 is 10.6 Å². The Morgan fingerprint density at radius 3 is 2.81 bits per heavy atom. The second-order valence-electron chi connectivity index (χ2n) is 3.81. The van der Waals surface area contributed by atoms with Gasteiger partial charge in [-0.15, -0.1) is 11.3 Å². The Morgan fingerprint density at radius 2 is 2.31 bits per heavy atom. The number of hydrogen-bond donors (Lipinski definition) is 2. The van der Waals surface area contributed by atoms with Crippen molar-refractivity contribution in [2.75, 3.05) is 5.32 Å². The maximum atomic E-state index is 11.7. The smallest absolute Gasteiger partial charge is 0.248 e. The number of aromatic nitrogens is 1. The van der Waals surface area contributed by atoms with Crippen LogP contribution in [0, 0.1) is 13.8 Å². The summed E-state index contributed by atoms with van der Waals surface area (Å²) < 4.78 is 0. The summed E-state index contributed by atoms with van der Waals surface area (Å²) in [5.41, 5.74) is 0.927. The van der Waals surface area contributed by atoms with E-state index < -0.39 is 6.04 Å². The quantitative estimate of drug-likeness (QED) is 0.808. The molecule has 0 saturated carbocycles. The number of rotatable bonds is 2. The number of anilines is 1. The van der Waals surface area contributed by atoms with Gasteiger partial charge in [-0.25, -0.2) is 4.98 Å². The van der Waals surface area contributed by atoms with E-state index in [-0.39, 0.29) is 11.8 Å². The average Bonchev–Trinajstić information content (AvgIpc) is 2.75. The van der Waals surface area contributed by atoms with Gasteiger partial charge in [0.1, 0.15) is 6.04 Å². The Morgan fingerprint density at radius 1 is 1.56 bits per heavy atom. The molecule has 1 aliphatic rings. The molecule has 16 heavy (non-hydrogen) atoms. The average molecular weight is 239 g/mol. The van der Waals surface area contributed by atoms with E-state index in [1.807, 2.05) is 13.8 Å². The highest BCUT2D eigenvalue weighted by Crippen LogP contribution is 2.21. The fourth-order valence-corrected chi connectivity index (χ4v) is 2.35. The maximum Gasteiger partial charge on any atom is 0.248 e. The van der Waals surface area contributed by atoms with Crippen LogP contribution in [0.2, 0.25) is 0 Å². The van der Waals surface area contributed by atoms with Gasteiger partial charge in [-0.05, 0) is 20.3 Å². The van der Waals surface area contributed by atoms with E-state index in [9.17, 15) is 9.59 Å². The van der Waals surface area contributed by atoms with Crippen LogP contribution in [0.4, 0.5) is 5.13 Å². The van der Waals surface area contributed by atoms with Crippen molar-refractivity contribution in [2.24, 2.45) is 0 Å². The summed E-state index contributed by atoms with van der Waals surface area (Å²) in [6.07, 6.45) is 0.988. The summed E-state index contributed by atoms with van der Waals surface area (Å²) in [5, 5.41) is 5.94. The predicted octanol–water partition coefficient (Wildman–Crippen LogP) is 0.977. The van der Waals surface area contributed by atoms with Crippen LogP contribution in [0.3, 0.4) is 0 Å². The lowest BCUT2D eigenvalue weighted by molar-refractivity contribution is -0.122. The van der Waals surface area contributed by atoms with Crippen LogP contribution in [0.1, 0.15) is 23.4 Å². The zero-order valence-corrected chi connectivity index (χ0v) is 9.98. The molecular formula is C10H13N3O2S. The molecule has 2 N–H and O–H groups in total. The van der Waals surface area contributed by atoms with E-state index >= 15 is 0 Å². The minimum Gasteiger partial charge on any atom is -0.344 e. The molecule has 0 spiro atoms. The van der Waals surface area contributed by atoms with Crippen molar-refractivity contribution in [3.05, 3.63) is 10.6 Å². The van der Waals surface area contributed by atoms with Gasteiger partial charge in [0.05, 0.1) is 5.69 Å². The number of nitrogens with zero attached hydrogens (tertiary/aromatic N) is 1. The fraction of sp³-hybridized carbons (Fsp3) is 0.500. The molecule has 2 heterocycles. The molecule has 0 bridgehead atoms. The molecular weight excluding hydrogens is 226 g/mol. The molecule has 86 valence electrons. The zero-order valence-electron chi connectivity index (χ0n) is 9.16. The fourth-order valence-electron chi connectivity index (χ4n) is 1.53. The number of aryl methyl sites for hydroxylation is 2. The van der Waals surface area contributed by atoms with E-state index in [0.717, 1.165) is 10.6 Å². The first-order valence-corrected chi connectivity index (χ1v) is 5.92. The van der Waals surface area contributed by atoms with Gasteiger partial charge in [-0.3, -0.25) is 9.59 Å². The summed E-state index contributed by atoms with van der Waals surface area (Å²) in [6.45, 7) is 3.86. The number of carbonyl (C=O) groups excluding carboxylic acids is 2. The highest BCUT2D eigenvalue weighted by Gasteiger charge is 2.27. The molecule has 6 heteroatoms. The van der Waals surface area contributed by atoms with Crippen molar-refractivity contribution in [1.82, 2.24) is 10.3 Å². The van der Waals surface area contributed by atoms with Gasteiger partial charge in [-0.2, -0.15) is 0 Å². The van der Waals surface area contributed by atoms with Gasteiger partial charge in [-0.1, -0.05) is 0 Å². The van der Waals surface area contributed by atoms with Crippen molar-refractivity contribution in [2.45, 2.75) is 32.7 Å². The van der Waals surface area contributed by atoms with Crippen molar-refractivity contribution in [3.63, 3.8) is 0 Å². The van der Waals surface area contributed by atoms with Crippen molar-refractivity contribution >= 4 is 28.3 Å². The van der Waals surface area contributed by atoms with Gasteiger partial charge < -0.3 is 10.6 Å². The molecule has 1 aromatic rings. The molecule has 2 rings (SSSR count). The van der Waals surface area contributed by atoms with Crippen molar-refractivity contribution in [3.8, 4) is 0 Å². The molecule has 0 aliphatic carbocycles. The van der Waals surface area contributed by atoms with Crippen LogP contribution in [0.25, 0.3) is 0 Å². The lowest BCUT2D eigenvalue weighted by atomic mass is 10.2. The largest absolute Gasteiger partial charge is 0.344 e. The van der Waals surface area contributed by atoms with E-state index in [4.69, 9.17) is 0 Å². The van der Waals surface area contributed by atoms with Crippen LogP contribution in [0.15, 0.2) is 0 Å². The van der Waals surface area contributed by atoms with Crippen molar-refractivity contribution < 1.29 is 9.59 Å². The first-order chi connectivity index (χ1) is 7.56. The standard InChI is InChI=1S/C10H13N3O2S/c1-5-6(2)16-10(11-5)13-9(15)7-3-4-8(14)12-7/h7H,3-4H2,1-2H3,(H,12,14)(H,11,13,15). The van der Waals surface area contributed by atoms with Crippen LogP contribution >= 0.6 is 11.3 Å². The molecule has 1 unspecified atom stereocenters. The molecule has 5 nitrogen and oxygen atoms in total. The van der Waals surface area contributed by atoms with Crippen LogP contribution in [-0.2, 0) is 9.59 Å². The lowest BCUT2D eigenvalue weighted by Gasteiger charge is -2.08. The molecule has 2 amide bonds. The topological polar surface area (TPSA) is 71.1 Å². The Labute approximate surface area is 97.3 Å². The van der Waals surface area contributed by atoms with Gasteiger partial charge in [0.15, 0.2) is 5.13 Å². The maximum absolute atomic E-state index is 11.7. The minimum atomic E-state index is -0.406. The molecule has 0 aromatic carbocycles. The second kappa shape index (κ2) is 4.21. The summed E-state index contributed by atoms with van der Waals surface area (Å²) in [5.74, 6) is -0.244. The third-order valence-corrected chi connectivity index (χ3v) is 3.56. The molecule has 0 radical (unpaired) electrons. The number of carbonyl (C=O) groups is 2. The SMILES string of the molecule is Cc1nc(NC(=O)C2CCC(=O)N2)sc1C. The Hall–Kier alpha value is -1.43. The summed E-state index contributed by atoms with van der Waals surface area (Å²) in [6, 6.07) is -0.406. The van der Waals surface area contributed by atoms with E-state index in [0.29, 0.717) is 18.0 Å². The Balaban J connectivity index is 1.99. The monoisotopic (exact) mass is 239 g/mol. The highest BCUT2D eigenvalue weighted by molar-refractivity contribution is 7.15. The third kappa shape index (κ3) is 2.21. The molecule has 1 aromatic heterocycles. The Kier molecular flexibility index (Phi) is 2.91. The van der Waals surface area contributed by atoms with E-state index in [1.165, 1.54) is 11.3 Å². The lowest BCUT2D eigenvalue weighted by Crippen LogP contribution is -2.37. The molecule has 1 fully saturated rings. The number of hydrogen-bond acceptors (Lipinski definition) is 4. The molecule has 1 atom stereocenters. The number of thiazole rings is 1. The number of nitrogens with one attached hydrogen (secondary N) is 2. The summed E-state index contributed by atoms with van der Waals surface area (Å²) in [7, 11) is 0. The molecule has 1 saturated heterocycles.